The molecule has 0 unspecified atom stereocenters. The van der Waals surface area contributed by atoms with Gasteiger partial charge in [-0.25, -0.2) is 9.97 Å². The first kappa shape index (κ1) is 23.1. The first-order valence-electron chi connectivity index (χ1n) is 10.9. The molecule has 1 N–H and O–H groups in total. The van der Waals surface area contributed by atoms with Crippen molar-refractivity contribution in [3.8, 4) is 28.6 Å². The van der Waals surface area contributed by atoms with Gasteiger partial charge < -0.3 is 19.3 Å². The van der Waals surface area contributed by atoms with Crippen LogP contribution >= 0.6 is 11.6 Å². The van der Waals surface area contributed by atoms with Crippen LogP contribution in [0.4, 0.5) is 11.6 Å². The maximum absolute atomic E-state index is 13.7. The second-order valence-electron chi connectivity index (χ2n) is 7.66. The monoisotopic (exact) mass is 501 g/mol. The van der Waals surface area contributed by atoms with Gasteiger partial charge in [0.25, 0.3) is 11.4 Å². The predicted molar refractivity (Wildman–Crippen MR) is 135 cm³/mol. The molecule has 5 aromatic rings. The van der Waals surface area contributed by atoms with E-state index in [-0.39, 0.29) is 12.1 Å². The molecule has 0 aliphatic heterocycles. The minimum absolute atomic E-state index is 0.250. The van der Waals surface area contributed by atoms with E-state index < -0.39 is 0 Å². The number of pyridine rings is 1. The van der Waals surface area contributed by atoms with Gasteiger partial charge in [-0.1, -0.05) is 23.7 Å². The maximum Gasteiger partial charge on any atom is 0.263 e. The molecule has 36 heavy (non-hydrogen) atoms. The molecular formula is C26H20ClN5O4. The fraction of sp³-hybridized carbons (Fsp3) is 0.0769. The van der Waals surface area contributed by atoms with Crippen molar-refractivity contribution in [2.45, 2.75) is 6.54 Å². The van der Waals surface area contributed by atoms with Crippen molar-refractivity contribution in [2.75, 3.05) is 12.4 Å². The Morgan fingerprint density at radius 2 is 1.81 bits per heavy atom. The van der Waals surface area contributed by atoms with Crippen LogP contribution < -0.4 is 20.3 Å². The molecule has 5 rings (SSSR count). The number of halogens is 1. The summed E-state index contributed by atoms with van der Waals surface area (Å²) in [6.45, 7) is 0.273. The van der Waals surface area contributed by atoms with Crippen LogP contribution in [0.2, 0.25) is 5.02 Å². The molecule has 0 spiro atoms. The highest BCUT2D eigenvalue weighted by Crippen LogP contribution is 2.27. The Labute approximate surface area is 210 Å². The zero-order valence-corrected chi connectivity index (χ0v) is 19.8. The van der Waals surface area contributed by atoms with Crippen LogP contribution in [0.5, 0.6) is 17.5 Å². The standard InChI is InChI=1S/C26H20ClN5O4/c1-34-24-21(3-2-13-28-24)22-15-29-26(32(25(22)33)16-17-4-6-18(27)7-5-17)30-19-8-10-20(11-9-19)36-23-12-14-35-31-23/h2-15H,16H2,1H3,(H,29,30). The third-order valence-corrected chi connectivity index (χ3v) is 5.55. The first-order valence-corrected chi connectivity index (χ1v) is 11.3. The highest BCUT2D eigenvalue weighted by atomic mass is 35.5. The van der Waals surface area contributed by atoms with Gasteiger partial charge in [-0.15, -0.1) is 0 Å². The van der Waals surface area contributed by atoms with E-state index >= 15 is 0 Å². The lowest BCUT2D eigenvalue weighted by molar-refractivity contribution is 0.367. The Bertz CT molecular complexity index is 1520. The summed E-state index contributed by atoms with van der Waals surface area (Å²) in [5, 5.41) is 7.57. The van der Waals surface area contributed by atoms with Crippen molar-refractivity contribution in [1.29, 1.82) is 0 Å². The molecule has 0 aliphatic carbocycles. The summed E-state index contributed by atoms with van der Waals surface area (Å²) in [5.74, 6) is 1.65. The summed E-state index contributed by atoms with van der Waals surface area (Å²) in [7, 11) is 1.51. The van der Waals surface area contributed by atoms with Crippen molar-refractivity contribution in [1.82, 2.24) is 19.7 Å². The Morgan fingerprint density at radius 1 is 1.00 bits per heavy atom. The molecule has 3 heterocycles. The number of ether oxygens (including phenoxy) is 2. The molecule has 9 nitrogen and oxygen atoms in total. The van der Waals surface area contributed by atoms with Crippen molar-refractivity contribution in [3.63, 3.8) is 0 Å². The number of rotatable bonds is 8. The number of nitrogens with one attached hydrogen (secondary N) is 1. The van der Waals surface area contributed by atoms with Gasteiger partial charge in [0, 0.05) is 29.2 Å². The van der Waals surface area contributed by atoms with Gasteiger partial charge in [-0.05, 0) is 59.3 Å². The minimum atomic E-state index is -0.250. The van der Waals surface area contributed by atoms with E-state index in [1.165, 1.54) is 19.6 Å². The lowest BCUT2D eigenvalue weighted by atomic mass is 10.1. The number of hydrogen-bond donors (Lipinski definition) is 1. The van der Waals surface area contributed by atoms with Crippen molar-refractivity contribution < 1.29 is 14.0 Å². The van der Waals surface area contributed by atoms with E-state index in [1.54, 1.807) is 53.2 Å². The van der Waals surface area contributed by atoms with Gasteiger partial charge in [-0.2, -0.15) is 0 Å². The van der Waals surface area contributed by atoms with Gasteiger partial charge in [0.1, 0.15) is 12.0 Å². The maximum atomic E-state index is 13.7. The lowest BCUT2D eigenvalue weighted by Crippen LogP contribution is -2.26. The fourth-order valence-corrected chi connectivity index (χ4v) is 3.69. The Morgan fingerprint density at radius 3 is 2.53 bits per heavy atom. The molecule has 2 aromatic carbocycles. The van der Waals surface area contributed by atoms with Gasteiger partial charge in [-0.3, -0.25) is 9.36 Å². The molecule has 3 aromatic heterocycles. The Hall–Kier alpha value is -4.63. The number of hydrogen-bond acceptors (Lipinski definition) is 8. The van der Waals surface area contributed by atoms with E-state index in [0.717, 1.165) is 5.56 Å². The quantitative estimate of drug-likeness (QED) is 0.295. The average molecular weight is 502 g/mol. The molecule has 0 fully saturated rings. The fourth-order valence-electron chi connectivity index (χ4n) is 3.56. The van der Waals surface area contributed by atoms with Crippen LogP contribution in [-0.2, 0) is 6.54 Å². The Balaban J connectivity index is 1.50. The van der Waals surface area contributed by atoms with Gasteiger partial charge in [0.15, 0.2) is 0 Å². The lowest BCUT2D eigenvalue weighted by Gasteiger charge is -2.16. The second-order valence-corrected chi connectivity index (χ2v) is 8.10. The first-order chi connectivity index (χ1) is 17.6. The summed E-state index contributed by atoms with van der Waals surface area (Å²) in [4.78, 5) is 22.5. The molecule has 10 heteroatoms. The summed E-state index contributed by atoms with van der Waals surface area (Å²) in [6.07, 6.45) is 4.56. The Kier molecular flexibility index (Phi) is 6.63. The van der Waals surface area contributed by atoms with Crippen LogP contribution in [0.3, 0.4) is 0 Å². The summed E-state index contributed by atoms with van der Waals surface area (Å²) >= 11 is 6.05. The molecule has 0 radical (unpaired) electrons. The van der Waals surface area contributed by atoms with Crippen molar-refractivity contribution in [2.24, 2.45) is 0 Å². The zero-order chi connectivity index (χ0) is 24.9. The smallest absolute Gasteiger partial charge is 0.263 e. The van der Waals surface area contributed by atoms with Crippen LogP contribution in [0.25, 0.3) is 11.1 Å². The van der Waals surface area contributed by atoms with Crippen molar-refractivity contribution >= 4 is 23.2 Å². The van der Waals surface area contributed by atoms with Gasteiger partial charge in [0.05, 0.1) is 24.8 Å². The number of anilines is 2. The third kappa shape index (κ3) is 5.06. The zero-order valence-electron chi connectivity index (χ0n) is 19.1. The number of methoxy groups -OCH3 is 1. The van der Waals surface area contributed by atoms with Crippen LogP contribution in [0.15, 0.2) is 94.7 Å². The highest BCUT2D eigenvalue weighted by Gasteiger charge is 2.16. The van der Waals surface area contributed by atoms with Crippen LogP contribution in [-0.4, -0.2) is 26.8 Å². The van der Waals surface area contributed by atoms with Crippen LogP contribution in [0.1, 0.15) is 5.56 Å². The van der Waals surface area contributed by atoms with E-state index in [9.17, 15) is 4.79 Å². The van der Waals surface area contributed by atoms with E-state index in [0.29, 0.717) is 45.3 Å². The normalized spacial score (nSPS) is 10.7. The molecular weight excluding hydrogens is 482 g/mol. The third-order valence-electron chi connectivity index (χ3n) is 5.30. The molecule has 180 valence electrons. The molecule has 0 saturated carbocycles. The SMILES string of the molecule is COc1ncccc1-c1cnc(Nc2ccc(Oc3ccon3)cc2)n(Cc2ccc(Cl)cc2)c1=O. The number of benzene rings is 2. The average Bonchev–Trinajstić information content (AvgIpc) is 3.42. The predicted octanol–water partition coefficient (Wildman–Crippen LogP) is 5.54. The molecule has 0 aliphatic rings. The summed E-state index contributed by atoms with van der Waals surface area (Å²) in [5.41, 5.74) is 2.28. The van der Waals surface area contributed by atoms with Gasteiger partial charge >= 0.3 is 0 Å². The molecule has 0 bridgehead atoms. The molecule has 0 amide bonds. The summed E-state index contributed by atoms with van der Waals surface area (Å²) in [6, 6.07) is 19.6. The van der Waals surface area contributed by atoms with E-state index in [2.05, 4.69) is 20.4 Å². The molecule has 0 saturated heterocycles. The molecule has 0 atom stereocenters. The van der Waals surface area contributed by atoms with Gasteiger partial charge in [0.2, 0.25) is 11.8 Å². The topological polar surface area (TPSA) is 104 Å². The van der Waals surface area contributed by atoms with Crippen molar-refractivity contribution in [3.05, 3.63) is 106 Å². The number of nitrogens with zero attached hydrogens (tertiary/aromatic N) is 4. The largest absolute Gasteiger partial charge is 0.481 e. The summed E-state index contributed by atoms with van der Waals surface area (Å²) < 4.78 is 17.3. The van der Waals surface area contributed by atoms with Crippen LogP contribution in [0, 0.1) is 0 Å². The highest BCUT2D eigenvalue weighted by molar-refractivity contribution is 6.30. The van der Waals surface area contributed by atoms with E-state index in [1.807, 2.05) is 24.3 Å². The second kappa shape index (κ2) is 10.3. The number of aromatic nitrogens is 4. The minimum Gasteiger partial charge on any atom is -0.481 e. The van der Waals surface area contributed by atoms with E-state index in [4.69, 9.17) is 25.6 Å².